The quantitative estimate of drug-likeness (QED) is 0.244. The fourth-order valence-electron chi connectivity index (χ4n) is 3.02. The molecule has 154 valence electrons. The van der Waals surface area contributed by atoms with Gasteiger partial charge in [-0.2, -0.15) is 0 Å². The third kappa shape index (κ3) is 7.02. The minimum absolute atomic E-state index is 0. The zero-order valence-corrected chi connectivity index (χ0v) is 19.8. The van der Waals surface area contributed by atoms with Crippen LogP contribution in [0, 0.1) is 0 Å². The molecule has 9 heteroatoms. The van der Waals surface area contributed by atoms with Crippen LogP contribution in [0.4, 0.5) is 0 Å². The number of hydrogen-bond donors (Lipinski definition) is 2. The second-order valence-corrected chi connectivity index (χ2v) is 8.33. The summed E-state index contributed by atoms with van der Waals surface area (Å²) >= 11 is 6.23. The zero-order chi connectivity index (χ0) is 21.0. The minimum atomic E-state index is -0.183. The van der Waals surface area contributed by atoms with Gasteiger partial charge in [-0.15, -0.1) is 0 Å². The van der Waals surface area contributed by atoms with Crippen molar-refractivity contribution in [2.24, 2.45) is 0 Å². The Labute approximate surface area is 218 Å². The molecule has 1 amide bonds. The van der Waals surface area contributed by atoms with Gasteiger partial charge >= 0.3 is 37.7 Å². The fourth-order valence-corrected chi connectivity index (χ4v) is 4.06. The van der Waals surface area contributed by atoms with Gasteiger partial charge in [-0.25, -0.2) is 0 Å². The van der Waals surface area contributed by atoms with Gasteiger partial charge < -0.3 is 18.0 Å². The number of ketones is 1. The molecule has 0 bridgehead atoms. The summed E-state index contributed by atoms with van der Waals surface area (Å²) < 4.78 is 6.34. The van der Waals surface area contributed by atoms with Gasteiger partial charge in [-0.3, -0.25) is 9.59 Å². The van der Waals surface area contributed by atoms with Crippen molar-refractivity contribution in [3.8, 4) is 11.5 Å². The van der Waals surface area contributed by atoms with Gasteiger partial charge in [0, 0.05) is 5.56 Å². The maximum atomic E-state index is 11.7. The maximum Gasteiger partial charge on any atom is 1.00 e. The van der Waals surface area contributed by atoms with E-state index < -0.39 is 0 Å². The summed E-state index contributed by atoms with van der Waals surface area (Å²) in [5, 5.41) is 13.0. The van der Waals surface area contributed by atoms with Crippen LogP contribution >= 0.6 is 24.0 Å². The Bertz CT molecular complexity index is 1020. The van der Waals surface area contributed by atoms with Gasteiger partial charge in [0.15, 0.2) is 5.78 Å². The van der Waals surface area contributed by atoms with Crippen LogP contribution in [0.3, 0.4) is 0 Å². The number of carbonyl (C=O) groups excluding carboxylic acids is 2. The van der Waals surface area contributed by atoms with Gasteiger partial charge in [-0.05, 0) is 48.7 Å². The van der Waals surface area contributed by atoms with E-state index in [4.69, 9.17) is 17.0 Å². The second-order valence-electron chi connectivity index (χ2n) is 6.62. The number of carbonyl (C=O) groups is 2. The number of hydrogen-bond acceptors (Lipinski definition) is 6. The predicted octanol–water partition coefficient (Wildman–Crippen LogP) is -1.15. The number of thiocarbonyl (C=S) groups is 1. The van der Waals surface area contributed by atoms with Crippen molar-refractivity contribution in [3.05, 3.63) is 63.6 Å². The van der Waals surface area contributed by atoms with Crippen molar-refractivity contribution in [3.63, 3.8) is 0 Å². The normalized spacial score (nSPS) is 13.9. The van der Waals surface area contributed by atoms with Crippen molar-refractivity contribution >= 4 is 46.1 Å². The van der Waals surface area contributed by atoms with E-state index in [1.54, 1.807) is 12.1 Å². The molecule has 1 fully saturated rings. The summed E-state index contributed by atoms with van der Waals surface area (Å²) in [4.78, 5) is 24.0. The molecule has 31 heavy (non-hydrogen) atoms. The minimum Gasteiger partial charge on any atom is -1.00 e. The largest absolute Gasteiger partial charge is 1.00 e. The Morgan fingerprint density at radius 2 is 1.90 bits per heavy atom. The second kappa shape index (κ2) is 12.6. The number of phenols is 1. The molecule has 2 aromatic rings. The molecule has 3 rings (SSSR count). The predicted molar refractivity (Wildman–Crippen MR) is 121 cm³/mol. The van der Waals surface area contributed by atoms with Crippen LogP contribution in [-0.4, -0.2) is 21.1 Å². The monoisotopic (exact) mass is 443 g/mol. The number of benzene rings is 2. The van der Waals surface area contributed by atoms with Crippen molar-refractivity contribution in [1.82, 2.24) is 5.32 Å². The average molecular weight is 443 g/mol. The number of thioether (sulfide) groups is 1. The van der Waals surface area contributed by atoms with E-state index in [-0.39, 0.29) is 64.6 Å². The fraction of sp³-hybridized carbons (Fsp3) is 0.227. The molecule has 0 aliphatic carbocycles. The number of Topliss-reactive ketones (excluding diaryl/α,β-unsaturated/α-hetero) is 1. The van der Waals surface area contributed by atoms with E-state index in [0.29, 0.717) is 27.0 Å². The first-order valence-electron chi connectivity index (χ1n) is 9.21. The van der Waals surface area contributed by atoms with Crippen LogP contribution in [0.5, 0.6) is 11.5 Å². The molecule has 1 heterocycles. The van der Waals surface area contributed by atoms with Crippen LogP contribution in [-0.2, 0) is 17.8 Å². The van der Waals surface area contributed by atoms with Crippen LogP contribution in [0.15, 0.2) is 41.3 Å². The Hall–Kier alpha value is -1.45. The average Bonchev–Trinajstić information content (AvgIpc) is 3.00. The Morgan fingerprint density at radius 3 is 2.45 bits per heavy atom. The summed E-state index contributed by atoms with van der Waals surface area (Å²) in [7, 11) is 0. The Kier molecular flexibility index (Phi) is 11.2. The number of aromatic hydroxyl groups is 1. The van der Waals surface area contributed by atoms with E-state index in [2.05, 4.69) is 5.32 Å². The van der Waals surface area contributed by atoms with Crippen LogP contribution in [0.2, 0.25) is 0 Å². The molecule has 5 nitrogen and oxygen atoms in total. The first-order chi connectivity index (χ1) is 13.9. The first kappa shape index (κ1) is 27.6. The number of ether oxygens (including phenoxy) is 1. The molecule has 1 saturated heterocycles. The molecule has 0 radical (unpaired) electrons. The van der Waals surface area contributed by atoms with Crippen LogP contribution in [0.25, 0.3) is 6.08 Å². The molecule has 1 aliphatic heterocycles. The van der Waals surface area contributed by atoms with E-state index >= 15 is 0 Å². The third-order valence-electron chi connectivity index (χ3n) is 4.47. The number of nitrogens with one attached hydrogen (secondary N) is 1. The van der Waals surface area contributed by atoms with Crippen molar-refractivity contribution < 1.29 is 60.0 Å². The van der Waals surface area contributed by atoms with Gasteiger partial charge in [-0.1, -0.05) is 55.5 Å². The van der Waals surface area contributed by atoms with Crippen molar-refractivity contribution in [2.75, 3.05) is 0 Å². The molecule has 1 aliphatic rings. The van der Waals surface area contributed by atoms with Gasteiger partial charge in [0.1, 0.15) is 22.4 Å². The number of rotatable bonds is 7. The summed E-state index contributed by atoms with van der Waals surface area (Å²) in [5.41, 5.74) is 2.81. The summed E-state index contributed by atoms with van der Waals surface area (Å²) in [6.45, 7) is 3.75. The zero-order valence-electron chi connectivity index (χ0n) is 20.2. The number of amides is 1. The summed E-state index contributed by atoms with van der Waals surface area (Å²) in [6.07, 6.45) is 3.29. The van der Waals surface area contributed by atoms with Gasteiger partial charge in [0.05, 0.1) is 10.5 Å². The third-order valence-corrected chi connectivity index (χ3v) is 5.64. The SMILES string of the molecule is CCCc1c(COc2ccc(/C=C3\SC(=S)NC3=O)cc2)ccc(C(C)=O)c1O.[H-].[H-].[Li+].[Li+]. The van der Waals surface area contributed by atoms with E-state index in [1.807, 2.05) is 37.3 Å². The van der Waals surface area contributed by atoms with Crippen molar-refractivity contribution in [1.29, 1.82) is 0 Å². The Morgan fingerprint density at radius 1 is 1.23 bits per heavy atom. The molecule has 2 N–H and O–H groups in total. The maximum absolute atomic E-state index is 11.7. The smallest absolute Gasteiger partial charge is 1.00 e. The summed E-state index contributed by atoms with van der Waals surface area (Å²) in [5.74, 6) is 0.376. The molecule has 0 unspecified atom stereocenters. The molecule has 2 aromatic carbocycles. The van der Waals surface area contributed by atoms with E-state index in [1.165, 1.54) is 18.7 Å². The standard InChI is InChI=1S/C22H21NO4S2.2Li.2H/c1-3-4-18-15(7-10-17(13(2)24)20(18)25)12-27-16-8-5-14(6-9-16)11-19-21(26)23-22(28)29-19;;;;/h5-11,25H,3-4,12H2,1-2H3,(H,23,26,28);;;;/q;2*+1;2*-1/b19-11-;;;;. The van der Waals surface area contributed by atoms with E-state index in [9.17, 15) is 14.7 Å². The molecule has 0 saturated carbocycles. The van der Waals surface area contributed by atoms with Crippen LogP contribution < -0.4 is 47.8 Å². The molecule has 0 spiro atoms. The molecular weight excluding hydrogens is 420 g/mol. The molecule has 0 atom stereocenters. The number of phenolic OH excluding ortho intramolecular Hbond substituents is 1. The Balaban J connectivity index is 0. The van der Waals surface area contributed by atoms with E-state index in [0.717, 1.165) is 23.1 Å². The summed E-state index contributed by atoms with van der Waals surface area (Å²) in [6, 6.07) is 10.8. The topological polar surface area (TPSA) is 75.6 Å². The van der Waals surface area contributed by atoms with Gasteiger partial charge in [0.2, 0.25) is 0 Å². The van der Waals surface area contributed by atoms with Crippen molar-refractivity contribution in [2.45, 2.75) is 33.3 Å². The first-order valence-corrected chi connectivity index (χ1v) is 10.4. The van der Waals surface area contributed by atoms with Gasteiger partial charge in [0.25, 0.3) is 5.91 Å². The molecule has 0 aromatic heterocycles. The van der Waals surface area contributed by atoms with Crippen LogP contribution in [0.1, 0.15) is 50.2 Å². The molecular formula is C22H23Li2NO4S2.